The number of hydrogen-bond donors (Lipinski definition) is 32. The summed E-state index contributed by atoms with van der Waals surface area (Å²) in [6.45, 7) is -6.91. The highest BCUT2D eigenvalue weighted by atomic mass is 16.8. The molecule has 10 fully saturated rings. The Labute approximate surface area is 713 Å². The maximum atomic E-state index is 13.4. The molecule has 10 aliphatic heterocycles. The lowest BCUT2D eigenvalue weighted by Crippen LogP contribution is -2.72. The van der Waals surface area contributed by atoms with E-state index in [1.165, 1.54) is 0 Å². The van der Waals surface area contributed by atoms with Gasteiger partial charge in [-0.15, -0.1) is 0 Å². The van der Waals surface area contributed by atoms with Gasteiger partial charge in [0.1, 0.15) is 244 Å². The number of ether oxygens (including phenoxy) is 19. The summed E-state index contributed by atoms with van der Waals surface area (Å²) in [7, 11) is 0. The number of hydrogen-bond acceptors (Lipinski definition) is 51. The van der Waals surface area contributed by atoms with Crippen LogP contribution in [-0.4, -0.2) is 540 Å². The van der Waals surface area contributed by atoms with Gasteiger partial charge in [0, 0.05) is 34.6 Å². The number of amides is 5. The number of aliphatic hydroxyl groups is 27. The van der Waals surface area contributed by atoms with E-state index >= 15 is 0 Å². The summed E-state index contributed by atoms with van der Waals surface area (Å²) in [6, 6.07) is -9.81. The van der Waals surface area contributed by atoms with E-state index in [1.807, 2.05) is 0 Å². The summed E-state index contributed by atoms with van der Waals surface area (Å²) in [6.07, 6.45) is -97.9. The normalized spacial score (nSPS) is 48.4. The molecule has 10 rings (SSSR count). The zero-order valence-electron chi connectivity index (χ0n) is 67.8. The highest BCUT2D eigenvalue weighted by molar-refractivity contribution is 5.75. The Morgan fingerprint density at radius 3 is 0.825 bits per heavy atom. The van der Waals surface area contributed by atoms with Crippen molar-refractivity contribution in [2.24, 2.45) is 0 Å². The summed E-state index contributed by atoms with van der Waals surface area (Å²) in [5.41, 5.74) is 0. The van der Waals surface area contributed by atoms with E-state index in [0.29, 0.717) is 0 Å². The van der Waals surface area contributed by atoms with Gasteiger partial charge < -0.3 is 254 Å². The van der Waals surface area contributed by atoms with Crippen molar-refractivity contribution in [2.45, 2.75) is 341 Å². The maximum Gasteiger partial charge on any atom is 0.217 e. The lowest BCUT2D eigenvalue weighted by molar-refractivity contribution is -0.412. The molecule has 50 atom stereocenters. The molecular weight excluding hydrogens is 1730 g/mol. The highest BCUT2D eigenvalue weighted by Crippen LogP contribution is 2.42. The Kier molecular flexibility index (Phi) is 37.4. The third-order valence-corrected chi connectivity index (χ3v) is 22.9. The second-order valence-corrected chi connectivity index (χ2v) is 31.7. The standard InChI is InChI=1S/C70H117N5O51/c1-16(84)71-31-43(96)54(25(10-80)110-61(31)107)120-64-34(74-19(4)87)45(98)56(27(12-82)115-64)123-69-53(106)59(58(124-62-32(72-17(2)85)41(94)36(89)21(6-76)111-62)30(119-69)15-109-67-50(103)48(101)40(93)29(118-67)14-108-66-49(102)46(99)38(91)23(8-78)113-66)125-70-60(126-63-33(73-18(3)86)42(95)37(90)22(7-77)112-63)52(105)57(28(13-83)117-70)121-65-35(75-20(5)88)44(97)55(26(11-81)116-65)122-68-51(104)47(100)39(92)24(9-79)114-68/h21-70,76-83,89-107H,6-15H2,1-5H3,(H,71,84)(H,72,85)(H,73,86)(H,74,87)(H,75,88)/t21-,22-,23-,24-,25-,26-,27-,28-,29-,30-,31-,32-,33-,34-,35-,36-,37-,38-,39+,40-,41-,42-,43-,44-,45-,46+,47+,48+,49+,50+,51-,52+,53-,54-,55-,56-,57-,58-,59-,60+,61?,62+,63+,64+,65+,66+,67+,68+,69+,70-/m1/s1. The Morgan fingerprint density at radius 1 is 0.206 bits per heavy atom. The predicted molar refractivity (Wildman–Crippen MR) is 388 cm³/mol. The molecule has 126 heavy (non-hydrogen) atoms. The van der Waals surface area contributed by atoms with Crippen molar-refractivity contribution < 1.29 is 252 Å². The molecule has 0 spiro atoms. The molecule has 0 aromatic heterocycles. The highest BCUT2D eigenvalue weighted by Gasteiger charge is 2.63. The van der Waals surface area contributed by atoms with Crippen LogP contribution >= 0.6 is 0 Å². The van der Waals surface area contributed by atoms with Gasteiger partial charge in [-0.3, -0.25) is 24.0 Å². The van der Waals surface area contributed by atoms with Crippen LogP contribution in [0.3, 0.4) is 0 Å². The van der Waals surface area contributed by atoms with E-state index in [-0.39, 0.29) is 0 Å². The zero-order valence-corrected chi connectivity index (χ0v) is 67.8. The topological polar surface area (TPSA) is 867 Å². The van der Waals surface area contributed by atoms with Crippen LogP contribution in [0, 0.1) is 0 Å². The first-order chi connectivity index (χ1) is 59.6. The maximum absolute atomic E-state index is 13.4. The molecule has 10 aliphatic rings. The Bertz CT molecular complexity index is 3440. The third kappa shape index (κ3) is 23.1. The van der Waals surface area contributed by atoms with E-state index in [1.54, 1.807) is 0 Å². The van der Waals surface area contributed by atoms with Crippen LogP contribution in [0.1, 0.15) is 34.6 Å². The lowest BCUT2D eigenvalue weighted by Gasteiger charge is -2.53. The summed E-state index contributed by atoms with van der Waals surface area (Å²) in [5.74, 6) is -4.83. The Hall–Kier alpha value is -4.49. The Morgan fingerprint density at radius 2 is 0.444 bits per heavy atom. The number of aliphatic hydroxyl groups excluding tert-OH is 27. The van der Waals surface area contributed by atoms with Crippen molar-refractivity contribution in [3.05, 3.63) is 0 Å². The summed E-state index contributed by atoms with van der Waals surface area (Å²) in [5, 5.41) is 315. The monoisotopic (exact) mass is 1840 g/mol. The number of carbonyl (C=O) groups excluding carboxylic acids is 5. The van der Waals surface area contributed by atoms with Crippen molar-refractivity contribution in [3.63, 3.8) is 0 Å². The molecule has 0 aliphatic carbocycles. The van der Waals surface area contributed by atoms with E-state index < -0.39 is 402 Å². The molecule has 0 aromatic rings. The summed E-state index contributed by atoms with van der Waals surface area (Å²) >= 11 is 0. The average Bonchev–Trinajstić information content (AvgIpc) is 0.753. The lowest BCUT2D eigenvalue weighted by atomic mass is 9.93. The van der Waals surface area contributed by atoms with Gasteiger partial charge in [0.05, 0.1) is 66.1 Å². The van der Waals surface area contributed by atoms with Crippen molar-refractivity contribution in [3.8, 4) is 0 Å². The fourth-order valence-corrected chi connectivity index (χ4v) is 16.3. The zero-order chi connectivity index (χ0) is 92.8. The van der Waals surface area contributed by atoms with Crippen LogP contribution < -0.4 is 26.6 Å². The molecular formula is C70H117N5O51. The minimum absolute atomic E-state index is 0.824. The molecule has 10 heterocycles. The molecule has 0 radical (unpaired) electrons. The molecule has 0 bridgehead atoms. The van der Waals surface area contributed by atoms with E-state index in [9.17, 15) is 162 Å². The van der Waals surface area contributed by atoms with Gasteiger partial charge in [-0.25, -0.2) is 0 Å². The Balaban J connectivity index is 1.10. The van der Waals surface area contributed by atoms with Crippen molar-refractivity contribution in [1.29, 1.82) is 0 Å². The third-order valence-electron chi connectivity index (χ3n) is 22.9. The molecule has 10 saturated heterocycles. The molecule has 56 nitrogen and oxygen atoms in total. The fraction of sp³-hybridized carbons (Fsp3) is 0.929. The van der Waals surface area contributed by atoms with Gasteiger partial charge in [-0.1, -0.05) is 0 Å². The second-order valence-electron chi connectivity index (χ2n) is 31.7. The number of carbonyl (C=O) groups is 5. The van der Waals surface area contributed by atoms with Crippen LogP contribution in [0.5, 0.6) is 0 Å². The molecule has 32 N–H and O–H groups in total. The van der Waals surface area contributed by atoms with Crippen LogP contribution in [0.15, 0.2) is 0 Å². The fourth-order valence-electron chi connectivity index (χ4n) is 16.3. The largest absolute Gasteiger partial charge is 0.394 e. The van der Waals surface area contributed by atoms with Crippen LogP contribution in [0.4, 0.5) is 0 Å². The van der Waals surface area contributed by atoms with Gasteiger partial charge in [-0.2, -0.15) is 0 Å². The first-order valence-electron chi connectivity index (χ1n) is 40.1. The molecule has 5 amide bonds. The van der Waals surface area contributed by atoms with Crippen LogP contribution in [0.2, 0.25) is 0 Å². The van der Waals surface area contributed by atoms with Crippen molar-refractivity contribution in [2.75, 3.05) is 66.1 Å². The number of nitrogens with one attached hydrogen (secondary N) is 5. The van der Waals surface area contributed by atoms with Gasteiger partial charge in [-0.05, 0) is 0 Å². The smallest absolute Gasteiger partial charge is 0.217 e. The molecule has 0 saturated carbocycles. The van der Waals surface area contributed by atoms with E-state index in [4.69, 9.17) is 90.0 Å². The first kappa shape index (κ1) is 104. The van der Waals surface area contributed by atoms with Gasteiger partial charge in [0.2, 0.25) is 29.5 Å². The first-order valence-corrected chi connectivity index (χ1v) is 40.1. The SMILES string of the molecule is CC(=O)N[C@H]1[C@H](O[C@H]2[C@H](O)[C@H](O[C@@H]3O[C@H](CO)[C@@H](O)[C@H](O)[C@H]3NC(C)=O)[C@@H](O[C@@H]3[C@@H](O)[C@H](O[C@H]4[C@H](O)[C@@H](NC(C)=O)[C@H](O[C@H]5[C@H](O)[C@@H](NC(C)=O)C(O)O[C@@H]5CO)O[C@@H]4CO)O[C@H](CO[C@H]4O[C@H](CO[C@H]5O[C@H](CO)[C@@H](O)[C@H](O)[C@@H]5O)[C@@H](O)[C@H](O)[C@@H]4O)[C@H]3O[C@@H]3O[C@H](CO)[C@@H](O)[C@H](O)[C@H]3NC(C)=O)O[C@@H]2CO)O[C@H](CO)[C@@H](O[C@@H]2O[C@H](CO)[C@H](O)[C@H](O)[C@H]2O)[C@@H]1O. The van der Waals surface area contributed by atoms with E-state index in [0.717, 1.165) is 34.6 Å². The molecule has 56 heteroatoms. The van der Waals surface area contributed by atoms with Gasteiger partial charge in [0.25, 0.3) is 0 Å². The molecule has 728 valence electrons. The summed E-state index contributed by atoms with van der Waals surface area (Å²) < 4.78 is 115. The number of rotatable bonds is 33. The average molecular weight is 1840 g/mol. The van der Waals surface area contributed by atoms with Gasteiger partial charge >= 0.3 is 0 Å². The minimum Gasteiger partial charge on any atom is -0.394 e. The van der Waals surface area contributed by atoms with Gasteiger partial charge in [0.15, 0.2) is 62.9 Å². The van der Waals surface area contributed by atoms with Crippen molar-refractivity contribution >= 4 is 29.5 Å². The van der Waals surface area contributed by atoms with Crippen molar-refractivity contribution in [1.82, 2.24) is 26.6 Å². The van der Waals surface area contributed by atoms with Crippen LogP contribution in [-0.2, 0) is 114 Å². The quantitative estimate of drug-likeness (QED) is 0.0290. The predicted octanol–water partition coefficient (Wildman–Crippen LogP) is -22.1. The van der Waals surface area contributed by atoms with E-state index in [2.05, 4.69) is 26.6 Å². The van der Waals surface area contributed by atoms with Crippen LogP contribution in [0.25, 0.3) is 0 Å². The molecule has 0 aromatic carbocycles. The summed E-state index contributed by atoms with van der Waals surface area (Å²) in [4.78, 5) is 64.9. The second kappa shape index (κ2) is 45.5. The minimum atomic E-state index is -2.80. The molecule has 1 unspecified atom stereocenters.